The van der Waals surface area contributed by atoms with Gasteiger partial charge in [-0.3, -0.25) is 4.57 Å². The summed E-state index contributed by atoms with van der Waals surface area (Å²) < 4.78 is 16.2. The molecule has 2 nitrogen and oxygen atoms in total. The first-order chi connectivity index (χ1) is 10.1. The van der Waals surface area contributed by atoms with E-state index in [2.05, 4.69) is 20.9 Å². The van der Waals surface area contributed by atoms with Crippen LogP contribution in [-0.4, -0.2) is 15.4 Å². The predicted molar refractivity (Wildman–Crippen MR) is 88.2 cm³/mol. The number of halogens is 4. The third-order valence-electron chi connectivity index (χ3n) is 3.17. The number of alkyl halides is 1. The van der Waals surface area contributed by atoms with Crippen molar-refractivity contribution < 1.29 is 4.39 Å². The molecule has 1 heterocycles. The quantitative estimate of drug-likeness (QED) is 0.553. The van der Waals surface area contributed by atoms with Crippen molar-refractivity contribution in [3.63, 3.8) is 0 Å². The molecule has 0 amide bonds. The molecule has 0 radical (unpaired) electrons. The summed E-state index contributed by atoms with van der Waals surface area (Å²) in [5, 5.41) is 0.617. The topological polar surface area (TPSA) is 17.8 Å². The van der Waals surface area contributed by atoms with Gasteiger partial charge in [-0.1, -0.05) is 11.6 Å². The highest BCUT2D eigenvalue weighted by molar-refractivity contribution is 9.10. The van der Waals surface area contributed by atoms with Crippen LogP contribution in [0, 0.1) is 5.82 Å². The monoisotopic (exact) mass is 386 g/mol. The van der Waals surface area contributed by atoms with Crippen LogP contribution in [0.2, 0.25) is 5.02 Å². The van der Waals surface area contributed by atoms with E-state index in [1.807, 2.05) is 16.7 Å². The first kappa shape index (κ1) is 14.8. The van der Waals surface area contributed by atoms with E-state index in [-0.39, 0.29) is 5.82 Å². The average Bonchev–Trinajstić information content (AvgIpc) is 2.79. The summed E-state index contributed by atoms with van der Waals surface area (Å²) in [5.74, 6) is 0.903. The van der Waals surface area contributed by atoms with Gasteiger partial charge in [-0.2, -0.15) is 0 Å². The molecule has 0 fully saturated rings. The van der Waals surface area contributed by atoms with Crippen molar-refractivity contribution in [1.82, 2.24) is 9.55 Å². The Labute approximate surface area is 139 Å². The van der Waals surface area contributed by atoms with Crippen LogP contribution in [0.25, 0.3) is 16.7 Å². The van der Waals surface area contributed by atoms with Crippen molar-refractivity contribution in [3.8, 4) is 5.69 Å². The summed E-state index contributed by atoms with van der Waals surface area (Å²) in [6.45, 7) is 0. The molecule has 0 saturated heterocycles. The van der Waals surface area contributed by atoms with Gasteiger partial charge in [-0.05, 0) is 52.3 Å². The van der Waals surface area contributed by atoms with Crippen molar-refractivity contribution in [2.24, 2.45) is 0 Å². The molecule has 0 unspecified atom stereocenters. The number of aryl methyl sites for hydroxylation is 1. The summed E-state index contributed by atoms with van der Waals surface area (Å²) in [4.78, 5) is 4.55. The summed E-state index contributed by atoms with van der Waals surface area (Å²) in [6.07, 6.45) is 0.589. The Balaban J connectivity index is 2.27. The number of rotatable bonds is 3. The minimum absolute atomic E-state index is 0.319. The van der Waals surface area contributed by atoms with Crippen LogP contribution in [-0.2, 0) is 6.42 Å². The molecule has 0 aliphatic rings. The minimum atomic E-state index is -0.319. The number of fused-ring (bicyclic) bond motifs is 1. The molecule has 0 N–H and O–H groups in total. The molecule has 3 aromatic rings. The fraction of sp³-hybridized carbons (Fsp3) is 0.133. The third kappa shape index (κ3) is 2.80. The molecule has 108 valence electrons. The molecule has 0 saturated carbocycles. The highest BCUT2D eigenvalue weighted by Crippen LogP contribution is 2.27. The van der Waals surface area contributed by atoms with Crippen LogP contribution in [0.3, 0.4) is 0 Å². The second kappa shape index (κ2) is 5.95. The molecule has 1 aromatic heterocycles. The van der Waals surface area contributed by atoms with Gasteiger partial charge in [0.2, 0.25) is 0 Å². The average molecular weight is 388 g/mol. The number of benzene rings is 2. The van der Waals surface area contributed by atoms with Crippen molar-refractivity contribution in [2.45, 2.75) is 6.42 Å². The van der Waals surface area contributed by atoms with Crippen LogP contribution in [0.5, 0.6) is 0 Å². The molecule has 6 heteroatoms. The van der Waals surface area contributed by atoms with Crippen LogP contribution in [0.15, 0.2) is 40.9 Å². The number of imidazole rings is 1. The zero-order chi connectivity index (χ0) is 15.0. The Kier molecular flexibility index (Phi) is 4.20. The van der Waals surface area contributed by atoms with Gasteiger partial charge < -0.3 is 0 Å². The fourth-order valence-electron chi connectivity index (χ4n) is 2.27. The zero-order valence-corrected chi connectivity index (χ0v) is 13.9. The van der Waals surface area contributed by atoms with Gasteiger partial charge in [-0.25, -0.2) is 9.37 Å². The SMILES string of the molecule is Fc1cc(-n2c(CCCl)nc3cc(Cl)ccc32)ccc1Br. The second-order valence-electron chi connectivity index (χ2n) is 4.53. The molecule has 0 atom stereocenters. The van der Waals surface area contributed by atoms with Crippen molar-refractivity contribution in [3.05, 3.63) is 57.5 Å². The number of hydrogen-bond acceptors (Lipinski definition) is 1. The lowest BCUT2D eigenvalue weighted by Crippen LogP contribution is -2.02. The van der Waals surface area contributed by atoms with Crippen LogP contribution in [0.1, 0.15) is 5.82 Å². The molecule has 0 bridgehead atoms. The van der Waals surface area contributed by atoms with E-state index in [0.29, 0.717) is 27.5 Å². The van der Waals surface area contributed by atoms with E-state index in [1.165, 1.54) is 6.07 Å². The Morgan fingerprint density at radius 2 is 2.00 bits per heavy atom. The van der Waals surface area contributed by atoms with Crippen molar-refractivity contribution >= 4 is 50.2 Å². The Bertz CT molecular complexity index is 817. The van der Waals surface area contributed by atoms with Crippen LogP contribution in [0.4, 0.5) is 4.39 Å². The third-order valence-corrected chi connectivity index (χ3v) is 4.23. The highest BCUT2D eigenvalue weighted by atomic mass is 79.9. The van der Waals surface area contributed by atoms with Gasteiger partial charge in [0.1, 0.15) is 11.6 Å². The summed E-state index contributed by atoms with van der Waals surface area (Å²) in [6, 6.07) is 10.4. The van der Waals surface area contributed by atoms with Gasteiger partial charge in [0.25, 0.3) is 0 Å². The van der Waals surface area contributed by atoms with Gasteiger partial charge in [-0.15, -0.1) is 11.6 Å². The number of aromatic nitrogens is 2. The summed E-state index contributed by atoms with van der Waals surface area (Å²) in [7, 11) is 0. The molecular formula is C15H10BrCl2FN2. The maximum Gasteiger partial charge on any atom is 0.139 e. The van der Waals surface area contributed by atoms with Gasteiger partial charge in [0, 0.05) is 17.3 Å². The predicted octanol–water partition coefficient (Wildman–Crippen LogP) is 5.36. The Morgan fingerprint density at radius 1 is 1.19 bits per heavy atom. The van der Waals surface area contributed by atoms with E-state index >= 15 is 0 Å². The Morgan fingerprint density at radius 3 is 2.71 bits per heavy atom. The van der Waals surface area contributed by atoms with Crippen molar-refractivity contribution in [1.29, 1.82) is 0 Å². The Hall–Kier alpha value is -1.10. The normalized spacial score (nSPS) is 11.2. The molecule has 0 aliphatic heterocycles. The number of nitrogens with zero attached hydrogens (tertiary/aromatic N) is 2. The van der Waals surface area contributed by atoms with Crippen LogP contribution < -0.4 is 0 Å². The molecule has 21 heavy (non-hydrogen) atoms. The lowest BCUT2D eigenvalue weighted by Gasteiger charge is -2.09. The first-order valence-corrected chi connectivity index (χ1v) is 7.99. The molecule has 0 spiro atoms. The molecule has 3 rings (SSSR count). The van der Waals surface area contributed by atoms with E-state index in [9.17, 15) is 4.39 Å². The fourth-order valence-corrected chi connectivity index (χ4v) is 2.85. The molecule has 2 aromatic carbocycles. The van der Waals surface area contributed by atoms with Crippen molar-refractivity contribution in [2.75, 3.05) is 5.88 Å². The van der Waals surface area contributed by atoms with Gasteiger partial charge >= 0.3 is 0 Å². The highest BCUT2D eigenvalue weighted by Gasteiger charge is 2.13. The first-order valence-electron chi connectivity index (χ1n) is 6.28. The van der Waals surface area contributed by atoms with Gasteiger partial charge in [0.15, 0.2) is 0 Å². The summed E-state index contributed by atoms with van der Waals surface area (Å²) in [5.41, 5.74) is 2.35. The smallest absolute Gasteiger partial charge is 0.139 e. The standard InChI is InChI=1S/C15H10BrCl2FN2/c16-11-3-2-10(8-12(11)19)21-14-4-1-9(18)7-13(14)20-15(21)5-6-17/h1-4,7-8H,5-6H2. The maximum atomic E-state index is 13.8. The minimum Gasteiger partial charge on any atom is -0.296 e. The number of hydrogen-bond donors (Lipinski definition) is 0. The lowest BCUT2D eigenvalue weighted by molar-refractivity contribution is 0.619. The van der Waals surface area contributed by atoms with Gasteiger partial charge in [0.05, 0.1) is 21.2 Å². The van der Waals surface area contributed by atoms with Crippen LogP contribution >= 0.6 is 39.1 Å². The molecule has 0 aliphatic carbocycles. The maximum absolute atomic E-state index is 13.8. The largest absolute Gasteiger partial charge is 0.296 e. The summed E-state index contributed by atoms with van der Waals surface area (Å²) >= 11 is 15.0. The van der Waals surface area contributed by atoms with E-state index in [4.69, 9.17) is 23.2 Å². The van der Waals surface area contributed by atoms with E-state index in [0.717, 1.165) is 16.9 Å². The lowest BCUT2D eigenvalue weighted by atomic mass is 10.2. The van der Waals surface area contributed by atoms with E-state index < -0.39 is 0 Å². The second-order valence-corrected chi connectivity index (χ2v) is 6.20. The van der Waals surface area contributed by atoms with E-state index in [1.54, 1.807) is 18.2 Å². The molecular weight excluding hydrogens is 378 g/mol. The zero-order valence-electron chi connectivity index (χ0n) is 10.8.